The Labute approximate surface area is 149 Å². The minimum atomic E-state index is -1.64. The van der Waals surface area contributed by atoms with Crippen LogP contribution in [0.1, 0.15) is 37.8 Å². The predicted octanol–water partition coefficient (Wildman–Crippen LogP) is 0.683. The number of rotatable bonds is 7. The topological polar surface area (TPSA) is 89.9 Å². The Bertz CT molecular complexity index is 633. The molecule has 25 heavy (non-hydrogen) atoms. The van der Waals surface area contributed by atoms with Gasteiger partial charge in [-0.05, 0) is 30.9 Å². The molecule has 1 aliphatic heterocycles. The summed E-state index contributed by atoms with van der Waals surface area (Å²) in [4.78, 5) is 26.0. The molecule has 1 aromatic rings. The van der Waals surface area contributed by atoms with E-state index in [1.54, 1.807) is 4.90 Å². The van der Waals surface area contributed by atoms with E-state index in [1.165, 1.54) is 0 Å². The maximum atomic E-state index is 12.2. The van der Waals surface area contributed by atoms with Crippen LogP contribution in [-0.4, -0.2) is 52.9 Å². The second-order valence-electron chi connectivity index (χ2n) is 7.39. The number of hydrogen-bond acceptors (Lipinski definition) is 4. The van der Waals surface area contributed by atoms with E-state index in [2.05, 4.69) is 5.32 Å². The van der Waals surface area contributed by atoms with E-state index in [0.717, 1.165) is 17.5 Å². The van der Waals surface area contributed by atoms with Crippen LogP contribution in [0, 0.1) is 12.3 Å². The standard InChI is InChI=1S/C18H27BN2O4/c1-13-6-4-5-7-14(13)12-15(19(24)25)20-16(22)8-10-21-11-9-18(2,3)17(21)23/h4-7,15,24-25H,8-12H2,1-3H3,(H,20,22)/t15-/m0/s1. The van der Waals surface area contributed by atoms with Gasteiger partial charge in [0.25, 0.3) is 0 Å². The second-order valence-corrected chi connectivity index (χ2v) is 7.39. The molecule has 1 aliphatic rings. The van der Waals surface area contributed by atoms with E-state index in [4.69, 9.17) is 0 Å². The Balaban J connectivity index is 1.88. The monoisotopic (exact) mass is 346 g/mol. The molecule has 136 valence electrons. The Kier molecular flexibility index (Phi) is 6.24. The Morgan fingerprint density at radius 3 is 2.60 bits per heavy atom. The van der Waals surface area contributed by atoms with Crippen LogP contribution in [0.4, 0.5) is 0 Å². The van der Waals surface area contributed by atoms with Crippen LogP contribution in [0.15, 0.2) is 24.3 Å². The van der Waals surface area contributed by atoms with Crippen molar-refractivity contribution < 1.29 is 19.6 Å². The molecule has 7 heteroatoms. The van der Waals surface area contributed by atoms with Crippen molar-refractivity contribution >= 4 is 18.9 Å². The lowest BCUT2D eigenvalue weighted by atomic mass is 9.75. The summed E-state index contributed by atoms with van der Waals surface area (Å²) in [6.07, 6.45) is 1.28. The molecular formula is C18H27BN2O4. The first-order valence-electron chi connectivity index (χ1n) is 8.70. The number of nitrogens with zero attached hydrogens (tertiary/aromatic N) is 1. The first kappa shape index (κ1) is 19.5. The molecule has 0 aliphatic carbocycles. The zero-order valence-corrected chi connectivity index (χ0v) is 15.2. The minimum absolute atomic E-state index is 0.0685. The highest BCUT2D eigenvalue weighted by Gasteiger charge is 2.38. The number of carbonyl (C=O) groups is 2. The SMILES string of the molecule is Cc1ccccc1C[C@H](NC(=O)CCN1CCC(C)(C)C1=O)B(O)O. The van der Waals surface area contributed by atoms with Gasteiger partial charge in [-0.1, -0.05) is 38.1 Å². The summed E-state index contributed by atoms with van der Waals surface area (Å²) in [6.45, 7) is 6.78. The Morgan fingerprint density at radius 2 is 2.04 bits per heavy atom. The van der Waals surface area contributed by atoms with E-state index >= 15 is 0 Å². The highest BCUT2D eigenvalue weighted by molar-refractivity contribution is 6.43. The van der Waals surface area contributed by atoms with Crippen LogP contribution in [0.25, 0.3) is 0 Å². The summed E-state index contributed by atoms with van der Waals surface area (Å²) < 4.78 is 0. The van der Waals surface area contributed by atoms with Crippen molar-refractivity contribution in [2.75, 3.05) is 13.1 Å². The lowest BCUT2D eigenvalue weighted by Crippen LogP contribution is -2.48. The molecule has 0 unspecified atom stereocenters. The van der Waals surface area contributed by atoms with Crippen LogP contribution in [0.5, 0.6) is 0 Å². The van der Waals surface area contributed by atoms with Crippen LogP contribution in [0.2, 0.25) is 0 Å². The fourth-order valence-electron chi connectivity index (χ4n) is 3.09. The molecule has 6 nitrogen and oxygen atoms in total. The summed E-state index contributed by atoms with van der Waals surface area (Å²) in [5.74, 6) is -0.998. The van der Waals surface area contributed by atoms with Crippen molar-refractivity contribution in [3.8, 4) is 0 Å². The van der Waals surface area contributed by atoms with E-state index in [9.17, 15) is 19.6 Å². The van der Waals surface area contributed by atoms with E-state index in [-0.39, 0.29) is 23.7 Å². The molecule has 0 aromatic heterocycles. The number of likely N-dealkylation sites (tertiary alicyclic amines) is 1. The summed E-state index contributed by atoms with van der Waals surface area (Å²) in [5, 5.41) is 21.8. The summed E-state index contributed by atoms with van der Waals surface area (Å²) >= 11 is 0. The van der Waals surface area contributed by atoms with Crippen molar-refractivity contribution in [1.29, 1.82) is 0 Å². The quantitative estimate of drug-likeness (QED) is 0.634. The van der Waals surface area contributed by atoms with E-state index in [0.29, 0.717) is 19.5 Å². The molecule has 1 saturated heterocycles. The average Bonchev–Trinajstić information content (AvgIpc) is 2.80. The lowest BCUT2D eigenvalue weighted by Gasteiger charge is -2.21. The highest BCUT2D eigenvalue weighted by atomic mass is 16.4. The first-order chi connectivity index (χ1) is 11.7. The maximum absolute atomic E-state index is 12.2. The molecule has 1 heterocycles. The molecule has 2 amide bonds. The van der Waals surface area contributed by atoms with E-state index in [1.807, 2.05) is 45.0 Å². The van der Waals surface area contributed by atoms with Gasteiger partial charge in [-0.2, -0.15) is 0 Å². The molecule has 0 spiro atoms. The molecule has 0 bridgehead atoms. The van der Waals surface area contributed by atoms with Gasteiger partial charge in [0.1, 0.15) is 0 Å². The van der Waals surface area contributed by atoms with Gasteiger partial charge in [0, 0.05) is 24.9 Å². The smallest absolute Gasteiger partial charge is 0.426 e. The fourth-order valence-corrected chi connectivity index (χ4v) is 3.09. The zero-order chi connectivity index (χ0) is 18.6. The largest absolute Gasteiger partial charge is 0.475 e. The fraction of sp³-hybridized carbons (Fsp3) is 0.556. The minimum Gasteiger partial charge on any atom is -0.426 e. The lowest BCUT2D eigenvalue weighted by molar-refractivity contribution is -0.135. The van der Waals surface area contributed by atoms with E-state index < -0.39 is 13.1 Å². The molecule has 1 atom stereocenters. The number of carbonyl (C=O) groups excluding carboxylic acids is 2. The van der Waals surface area contributed by atoms with Crippen LogP contribution < -0.4 is 5.32 Å². The zero-order valence-electron chi connectivity index (χ0n) is 15.2. The third kappa shape index (κ3) is 5.06. The van der Waals surface area contributed by atoms with Crippen molar-refractivity contribution in [1.82, 2.24) is 10.2 Å². The van der Waals surface area contributed by atoms with Gasteiger partial charge in [-0.3, -0.25) is 9.59 Å². The third-order valence-corrected chi connectivity index (χ3v) is 4.89. The Hall–Kier alpha value is -1.86. The number of hydrogen-bond donors (Lipinski definition) is 3. The van der Waals surface area contributed by atoms with Gasteiger partial charge >= 0.3 is 7.12 Å². The van der Waals surface area contributed by atoms with Gasteiger partial charge in [-0.25, -0.2) is 0 Å². The molecular weight excluding hydrogens is 319 g/mol. The van der Waals surface area contributed by atoms with Gasteiger partial charge in [0.2, 0.25) is 11.8 Å². The number of nitrogens with one attached hydrogen (secondary N) is 1. The molecule has 2 rings (SSSR count). The van der Waals surface area contributed by atoms with Gasteiger partial charge in [0.15, 0.2) is 0 Å². The van der Waals surface area contributed by atoms with Gasteiger partial charge in [-0.15, -0.1) is 0 Å². The number of aryl methyl sites for hydroxylation is 1. The number of amides is 2. The maximum Gasteiger partial charge on any atom is 0.475 e. The first-order valence-corrected chi connectivity index (χ1v) is 8.70. The van der Waals surface area contributed by atoms with Crippen molar-refractivity contribution in [3.05, 3.63) is 35.4 Å². The Morgan fingerprint density at radius 1 is 1.36 bits per heavy atom. The van der Waals surface area contributed by atoms with Crippen molar-refractivity contribution in [2.24, 2.45) is 5.41 Å². The number of benzene rings is 1. The average molecular weight is 346 g/mol. The third-order valence-electron chi connectivity index (χ3n) is 4.89. The summed E-state index contributed by atoms with van der Waals surface area (Å²) in [7, 11) is -1.64. The van der Waals surface area contributed by atoms with Gasteiger partial charge < -0.3 is 20.3 Å². The summed E-state index contributed by atoms with van der Waals surface area (Å²) in [6, 6.07) is 7.64. The predicted molar refractivity (Wildman–Crippen MR) is 96.6 cm³/mol. The normalized spacial score (nSPS) is 17.5. The van der Waals surface area contributed by atoms with Crippen LogP contribution in [-0.2, 0) is 16.0 Å². The highest BCUT2D eigenvalue weighted by Crippen LogP contribution is 2.30. The second kappa shape index (κ2) is 8.02. The molecule has 0 saturated carbocycles. The van der Waals surface area contributed by atoms with Crippen LogP contribution in [0.3, 0.4) is 0 Å². The van der Waals surface area contributed by atoms with Crippen molar-refractivity contribution in [3.63, 3.8) is 0 Å². The molecule has 3 N–H and O–H groups in total. The summed E-state index contributed by atoms with van der Waals surface area (Å²) in [5.41, 5.74) is 1.63. The van der Waals surface area contributed by atoms with Crippen molar-refractivity contribution in [2.45, 2.75) is 46.0 Å². The van der Waals surface area contributed by atoms with Gasteiger partial charge in [0.05, 0.1) is 5.94 Å². The molecule has 1 fully saturated rings. The molecule has 1 aromatic carbocycles. The van der Waals surface area contributed by atoms with Crippen LogP contribution >= 0.6 is 0 Å². The molecule has 0 radical (unpaired) electrons.